The molecule has 0 amide bonds. The van der Waals surface area contributed by atoms with E-state index in [0.717, 1.165) is 49.3 Å². The molecule has 31 heavy (non-hydrogen) atoms. The summed E-state index contributed by atoms with van der Waals surface area (Å²) in [6, 6.07) is 6.51. The Morgan fingerprint density at radius 3 is 2.19 bits per heavy atom. The van der Waals surface area contributed by atoms with Crippen LogP contribution in [-0.2, 0) is 6.42 Å². The van der Waals surface area contributed by atoms with Gasteiger partial charge in [-0.2, -0.15) is 0 Å². The van der Waals surface area contributed by atoms with Crippen LogP contribution in [0.25, 0.3) is 0 Å². The number of carbonyl (C=O) groups excluding carboxylic acids is 1. The normalized spacial score (nSPS) is 18.7. The second-order valence-electron chi connectivity index (χ2n) is 8.60. The summed E-state index contributed by atoms with van der Waals surface area (Å²) in [7, 11) is 0. The van der Waals surface area contributed by atoms with E-state index < -0.39 is 23.4 Å². The van der Waals surface area contributed by atoms with Gasteiger partial charge in [-0.3, -0.25) is 0 Å². The Bertz CT molecular complexity index is 879. The third-order valence-corrected chi connectivity index (χ3v) is 6.32. The third kappa shape index (κ3) is 5.90. The number of ether oxygens (including phenoxy) is 1. The number of rotatable bonds is 8. The van der Waals surface area contributed by atoms with Gasteiger partial charge in [-0.1, -0.05) is 45.6 Å². The SMILES string of the molecule is CCCCC1CCC(c2ccc(C(=O)Oc3cc(F)c(CCC)c(F)c3)c(F)c2)CC1. The van der Waals surface area contributed by atoms with E-state index in [4.69, 9.17) is 4.74 Å². The van der Waals surface area contributed by atoms with Gasteiger partial charge in [-0.25, -0.2) is 18.0 Å². The van der Waals surface area contributed by atoms with E-state index in [0.29, 0.717) is 12.3 Å². The van der Waals surface area contributed by atoms with Crippen LogP contribution in [0, 0.1) is 23.4 Å². The van der Waals surface area contributed by atoms with Crippen molar-refractivity contribution >= 4 is 5.97 Å². The number of unbranched alkanes of at least 4 members (excludes halogenated alkanes) is 1. The van der Waals surface area contributed by atoms with Crippen molar-refractivity contribution in [1.82, 2.24) is 0 Å². The quantitative estimate of drug-likeness (QED) is 0.315. The molecule has 2 nitrogen and oxygen atoms in total. The first-order chi connectivity index (χ1) is 14.9. The molecule has 2 aromatic rings. The molecule has 0 atom stereocenters. The molecule has 0 spiro atoms. The highest BCUT2D eigenvalue weighted by Gasteiger charge is 2.24. The number of carbonyl (C=O) groups is 1. The maximum absolute atomic E-state index is 14.7. The maximum Gasteiger partial charge on any atom is 0.346 e. The van der Waals surface area contributed by atoms with Crippen molar-refractivity contribution in [3.8, 4) is 5.75 Å². The Kier molecular flexibility index (Phi) is 8.16. The van der Waals surface area contributed by atoms with E-state index in [1.54, 1.807) is 6.07 Å². The Hall–Kier alpha value is -2.30. The predicted octanol–water partition coefficient (Wildman–Crippen LogP) is 7.74. The lowest BCUT2D eigenvalue weighted by Crippen LogP contribution is -2.15. The van der Waals surface area contributed by atoms with E-state index in [9.17, 15) is 18.0 Å². The third-order valence-electron chi connectivity index (χ3n) is 6.32. The van der Waals surface area contributed by atoms with E-state index in [-0.39, 0.29) is 23.3 Å². The number of hydrogen-bond donors (Lipinski definition) is 0. The lowest BCUT2D eigenvalue weighted by molar-refractivity contribution is 0.0729. The van der Waals surface area contributed by atoms with Crippen LogP contribution in [0.1, 0.15) is 92.6 Å². The van der Waals surface area contributed by atoms with Crippen molar-refractivity contribution < 1.29 is 22.7 Å². The van der Waals surface area contributed by atoms with Crippen LogP contribution in [0.4, 0.5) is 13.2 Å². The monoisotopic (exact) mass is 432 g/mol. The van der Waals surface area contributed by atoms with Crippen molar-refractivity contribution in [3.05, 3.63) is 64.5 Å². The van der Waals surface area contributed by atoms with Gasteiger partial charge in [-0.05, 0) is 61.6 Å². The number of benzene rings is 2. The molecule has 1 aliphatic carbocycles. The molecule has 1 fully saturated rings. The zero-order valence-electron chi connectivity index (χ0n) is 18.4. The van der Waals surface area contributed by atoms with Gasteiger partial charge in [-0.15, -0.1) is 0 Å². The van der Waals surface area contributed by atoms with Crippen LogP contribution < -0.4 is 4.74 Å². The minimum absolute atomic E-state index is 0.0396. The van der Waals surface area contributed by atoms with Crippen LogP contribution in [0.2, 0.25) is 0 Å². The second-order valence-corrected chi connectivity index (χ2v) is 8.60. The molecule has 2 aromatic carbocycles. The van der Waals surface area contributed by atoms with Crippen LogP contribution in [0.5, 0.6) is 5.75 Å². The van der Waals surface area contributed by atoms with Crippen LogP contribution in [0.3, 0.4) is 0 Å². The minimum Gasteiger partial charge on any atom is -0.423 e. The Morgan fingerprint density at radius 2 is 1.61 bits per heavy atom. The van der Waals surface area contributed by atoms with Gasteiger partial charge in [0.1, 0.15) is 23.2 Å². The fourth-order valence-electron chi connectivity index (χ4n) is 4.52. The molecule has 0 N–H and O–H groups in total. The molecule has 0 aliphatic heterocycles. The standard InChI is InChI=1S/C26H31F3O2/c1-3-5-7-17-8-10-18(11-9-17)19-12-13-22(23(27)14-19)26(30)31-20-15-24(28)21(6-4-2)25(29)16-20/h12-18H,3-11H2,1-2H3. The Balaban J connectivity index is 1.66. The highest BCUT2D eigenvalue weighted by Crippen LogP contribution is 2.38. The average molecular weight is 433 g/mol. The van der Waals surface area contributed by atoms with Crippen LogP contribution in [-0.4, -0.2) is 5.97 Å². The molecule has 168 valence electrons. The predicted molar refractivity (Wildman–Crippen MR) is 116 cm³/mol. The molecule has 5 heteroatoms. The Morgan fingerprint density at radius 1 is 0.935 bits per heavy atom. The van der Waals surface area contributed by atoms with Crippen molar-refractivity contribution in [2.24, 2.45) is 5.92 Å². The first kappa shape index (κ1) is 23.4. The molecule has 0 aromatic heterocycles. The summed E-state index contributed by atoms with van der Waals surface area (Å²) in [6.07, 6.45) is 8.94. The van der Waals surface area contributed by atoms with Gasteiger partial charge in [0.15, 0.2) is 0 Å². The molecule has 1 aliphatic rings. The fraction of sp³-hybridized carbons (Fsp3) is 0.500. The Labute approximate surface area is 182 Å². The summed E-state index contributed by atoms with van der Waals surface area (Å²) in [5, 5.41) is 0. The average Bonchev–Trinajstić information content (AvgIpc) is 2.75. The molecule has 0 radical (unpaired) electrons. The highest BCUT2D eigenvalue weighted by atomic mass is 19.1. The molecular weight excluding hydrogens is 401 g/mol. The van der Waals surface area contributed by atoms with Crippen molar-refractivity contribution in [2.45, 2.75) is 77.6 Å². The summed E-state index contributed by atoms with van der Waals surface area (Å²) in [5.41, 5.74) is 0.616. The van der Waals surface area contributed by atoms with Crippen LogP contribution >= 0.6 is 0 Å². The van der Waals surface area contributed by atoms with Gasteiger partial charge in [0, 0.05) is 17.7 Å². The lowest BCUT2D eigenvalue weighted by Gasteiger charge is -2.29. The number of hydrogen-bond acceptors (Lipinski definition) is 2. The van der Waals surface area contributed by atoms with E-state index in [1.165, 1.54) is 31.4 Å². The minimum atomic E-state index is -0.964. The van der Waals surface area contributed by atoms with Gasteiger partial charge < -0.3 is 4.74 Å². The summed E-state index contributed by atoms with van der Waals surface area (Å²) in [5.74, 6) is -2.38. The molecule has 3 rings (SSSR count). The van der Waals surface area contributed by atoms with Crippen molar-refractivity contribution in [1.29, 1.82) is 0 Å². The molecule has 0 saturated heterocycles. The van der Waals surface area contributed by atoms with Gasteiger partial charge in [0.25, 0.3) is 0 Å². The summed E-state index contributed by atoms with van der Waals surface area (Å²) in [4.78, 5) is 12.4. The molecule has 1 saturated carbocycles. The van der Waals surface area contributed by atoms with Crippen molar-refractivity contribution in [2.75, 3.05) is 0 Å². The zero-order valence-corrected chi connectivity index (χ0v) is 18.4. The summed E-state index contributed by atoms with van der Waals surface area (Å²) >= 11 is 0. The smallest absolute Gasteiger partial charge is 0.346 e. The lowest BCUT2D eigenvalue weighted by atomic mass is 9.77. The van der Waals surface area contributed by atoms with Crippen molar-refractivity contribution in [3.63, 3.8) is 0 Å². The zero-order chi connectivity index (χ0) is 22.4. The van der Waals surface area contributed by atoms with Gasteiger partial charge in [0.05, 0.1) is 5.56 Å². The summed E-state index contributed by atoms with van der Waals surface area (Å²) in [6.45, 7) is 4.02. The van der Waals surface area contributed by atoms with Gasteiger partial charge >= 0.3 is 5.97 Å². The topological polar surface area (TPSA) is 26.3 Å². The molecule has 0 unspecified atom stereocenters. The number of esters is 1. The van der Waals surface area contributed by atoms with Crippen LogP contribution in [0.15, 0.2) is 30.3 Å². The maximum atomic E-state index is 14.7. The largest absolute Gasteiger partial charge is 0.423 e. The van der Waals surface area contributed by atoms with E-state index >= 15 is 0 Å². The first-order valence-corrected chi connectivity index (χ1v) is 11.4. The van der Waals surface area contributed by atoms with E-state index in [2.05, 4.69) is 6.92 Å². The number of halogens is 3. The molecule has 0 bridgehead atoms. The molecule has 0 heterocycles. The van der Waals surface area contributed by atoms with E-state index in [1.807, 2.05) is 6.92 Å². The summed E-state index contributed by atoms with van der Waals surface area (Å²) < 4.78 is 47.9. The fourth-order valence-corrected chi connectivity index (χ4v) is 4.52. The molecular formula is C26H31F3O2. The second kappa shape index (κ2) is 10.8. The first-order valence-electron chi connectivity index (χ1n) is 11.4. The van der Waals surface area contributed by atoms with Gasteiger partial charge in [0.2, 0.25) is 0 Å². The highest BCUT2D eigenvalue weighted by molar-refractivity contribution is 5.91.